The van der Waals surface area contributed by atoms with Crippen LogP contribution < -0.4 is 16.0 Å². The van der Waals surface area contributed by atoms with Crippen molar-refractivity contribution in [2.75, 3.05) is 16.8 Å². The van der Waals surface area contributed by atoms with E-state index in [0.717, 1.165) is 37.9 Å². The number of hydrogen-bond acceptors (Lipinski definition) is 3. The first-order valence-electron chi connectivity index (χ1n) is 7.09. The van der Waals surface area contributed by atoms with Crippen molar-refractivity contribution in [1.82, 2.24) is 0 Å². The average Bonchev–Trinajstić information content (AvgIpc) is 2.82. The molecule has 0 bridgehead atoms. The van der Waals surface area contributed by atoms with Crippen LogP contribution in [0.1, 0.15) is 32.1 Å². The highest BCUT2D eigenvalue weighted by Gasteiger charge is 2.40. The maximum atomic E-state index is 12.1. The first-order valence-corrected chi connectivity index (χ1v) is 7.09. The van der Waals surface area contributed by atoms with Crippen LogP contribution in [0.25, 0.3) is 0 Å². The Labute approximate surface area is 118 Å². The maximum absolute atomic E-state index is 12.1. The van der Waals surface area contributed by atoms with Crippen LogP contribution in [0.15, 0.2) is 24.3 Å². The van der Waals surface area contributed by atoms with E-state index in [1.165, 1.54) is 0 Å². The topological polar surface area (TPSA) is 75.4 Å². The molecule has 3 rings (SSSR count). The third kappa shape index (κ3) is 2.29. The quantitative estimate of drug-likeness (QED) is 0.879. The molecule has 20 heavy (non-hydrogen) atoms. The van der Waals surface area contributed by atoms with Crippen molar-refractivity contribution in [1.29, 1.82) is 0 Å². The van der Waals surface area contributed by atoms with E-state index in [1.54, 1.807) is 4.90 Å². The number of rotatable bonds is 3. The van der Waals surface area contributed by atoms with Gasteiger partial charge in [-0.15, -0.1) is 0 Å². The smallest absolute Gasteiger partial charge is 0.244 e. The van der Waals surface area contributed by atoms with Gasteiger partial charge in [-0.05, 0) is 43.9 Å². The molecule has 1 saturated heterocycles. The summed E-state index contributed by atoms with van der Waals surface area (Å²) in [4.78, 5) is 25.6. The molecule has 3 N–H and O–H groups in total. The van der Waals surface area contributed by atoms with E-state index in [0.29, 0.717) is 12.1 Å². The molecule has 1 heterocycles. The first-order chi connectivity index (χ1) is 9.58. The normalized spacial score (nSPS) is 20.6. The summed E-state index contributed by atoms with van der Waals surface area (Å²) < 4.78 is 0. The van der Waals surface area contributed by atoms with Gasteiger partial charge in [0.25, 0.3) is 0 Å². The molecule has 1 aromatic carbocycles. The van der Waals surface area contributed by atoms with Crippen LogP contribution in [0.2, 0.25) is 0 Å². The number of nitrogens with zero attached hydrogens (tertiary/aromatic N) is 1. The van der Waals surface area contributed by atoms with Gasteiger partial charge < -0.3 is 16.0 Å². The van der Waals surface area contributed by atoms with Gasteiger partial charge in [0.2, 0.25) is 11.8 Å². The number of amides is 2. The van der Waals surface area contributed by atoms with Crippen molar-refractivity contribution < 1.29 is 9.59 Å². The van der Waals surface area contributed by atoms with Crippen molar-refractivity contribution >= 4 is 23.2 Å². The van der Waals surface area contributed by atoms with Crippen LogP contribution in [0.5, 0.6) is 0 Å². The molecule has 0 spiro atoms. The third-order valence-electron chi connectivity index (χ3n) is 4.19. The summed E-state index contributed by atoms with van der Waals surface area (Å²) in [7, 11) is 0. The lowest BCUT2D eigenvalue weighted by molar-refractivity contribution is -0.123. The van der Waals surface area contributed by atoms with Crippen molar-refractivity contribution in [2.24, 2.45) is 5.73 Å². The van der Waals surface area contributed by atoms with Crippen LogP contribution in [-0.4, -0.2) is 23.9 Å². The number of carbonyl (C=O) groups is 2. The number of nitrogens with two attached hydrogens (primary N) is 1. The monoisotopic (exact) mass is 273 g/mol. The minimum atomic E-state index is -0.709. The maximum Gasteiger partial charge on any atom is 0.244 e. The molecule has 1 aromatic rings. The van der Waals surface area contributed by atoms with Crippen LogP contribution in [0.3, 0.4) is 0 Å². The van der Waals surface area contributed by atoms with E-state index in [4.69, 9.17) is 5.73 Å². The molecule has 5 heteroatoms. The van der Waals surface area contributed by atoms with Gasteiger partial charge in [0.15, 0.2) is 0 Å². The van der Waals surface area contributed by atoms with Crippen molar-refractivity contribution in [3.05, 3.63) is 24.3 Å². The van der Waals surface area contributed by atoms with Crippen LogP contribution >= 0.6 is 0 Å². The molecule has 5 nitrogen and oxygen atoms in total. The molecular formula is C15H19N3O2. The molecule has 2 fully saturated rings. The van der Waals surface area contributed by atoms with Crippen molar-refractivity contribution in [3.8, 4) is 0 Å². The Morgan fingerprint density at radius 3 is 2.70 bits per heavy atom. The molecule has 2 aliphatic rings. The lowest BCUT2D eigenvalue weighted by Gasteiger charge is -2.36. The predicted molar refractivity (Wildman–Crippen MR) is 77.4 cm³/mol. The van der Waals surface area contributed by atoms with Crippen LogP contribution in [0.4, 0.5) is 11.4 Å². The Balaban J connectivity index is 1.74. The summed E-state index contributed by atoms with van der Waals surface area (Å²) in [5, 5.41) is 2.86. The van der Waals surface area contributed by atoms with Gasteiger partial charge >= 0.3 is 0 Å². The zero-order chi connectivity index (χ0) is 14.2. The summed E-state index contributed by atoms with van der Waals surface area (Å²) in [5.74, 6) is 0.0106. The van der Waals surface area contributed by atoms with Gasteiger partial charge in [0.1, 0.15) is 0 Å². The number of hydrogen-bond donors (Lipinski definition) is 2. The van der Waals surface area contributed by atoms with E-state index in [2.05, 4.69) is 5.32 Å². The van der Waals surface area contributed by atoms with E-state index < -0.39 is 5.54 Å². The molecule has 0 aromatic heterocycles. The predicted octanol–water partition coefficient (Wildman–Crippen LogP) is 1.63. The van der Waals surface area contributed by atoms with E-state index in [1.807, 2.05) is 24.3 Å². The highest BCUT2D eigenvalue weighted by Crippen LogP contribution is 2.31. The Kier molecular flexibility index (Phi) is 3.22. The molecule has 0 radical (unpaired) electrons. The molecule has 106 valence electrons. The fourth-order valence-corrected chi connectivity index (χ4v) is 2.71. The van der Waals surface area contributed by atoms with E-state index in [9.17, 15) is 9.59 Å². The van der Waals surface area contributed by atoms with Gasteiger partial charge in [-0.25, -0.2) is 0 Å². The minimum absolute atomic E-state index is 0.131. The molecular weight excluding hydrogens is 254 g/mol. The Hall–Kier alpha value is -1.88. The zero-order valence-electron chi connectivity index (χ0n) is 11.4. The number of nitrogens with one attached hydrogen (secondary N) is 1. The number of benzene rings is 1. The summed E-state index contributed by atoms with van der Waals surface area (Å²) in [6.07, 6.45) is 3.97. The van der Waals surface area contributed by atoms with Crippen LogP contribution in [-0.2, 0) is 9.59 Å². The lowest BCUT2D eigenvalue weighted by atomic mass is 9.77. The Morgan fingerprint density at radius 2 is 2.10 bits per heavy atom. The van der Waals surface area contributed by atoms with Gasteiger partial charge in [0.05, 0.1) is 5.54 Å². The second-order valence-corrected chi connectivity index (χ2v) is 5.66. The van der Waals surface area contributed by atoms with Crippen molar-refractivity contribution in [3.63, 3.8) is 0 Å². The summed E-state index contributed by atoms with van der Waals surface area (Å²) in [6, 6.07) is 7.40. The van der Waals surface area contributed by atoms with E-state index in [-0.39, 0.29) is 11.8 Å². The summed E-state index contributed by atoms with van der Waals surface area (Å²) in [6.45, 7) is 0.747. The van der Waals surface area contributed by atoms with Gasteiger partial charge in [-0.3, -0.25) is 9.59 Å². The molecule has 2 amide bonds. The van der Waals surface area contributed by atoms with Gasteiger partial charge in [0, 0.05) is 24.3 Å². The summed E-state index contributed by atoms with van der Waals surface area (Å²) in [5.41, 5.74) is 6.83. The largest absolute Gasteiger partial charge is 0.324 e. The lowest BCUT2D eigenvalue weighted by Crippen LogP contribution is -2.56. The molecule has 1 aliphatic carbocycles. The second-order valence-electron chi connectivity index (χ2n) is 5.66. The van der Waals surface area contributed by atoms with Gasteiger partial charge in [-0.2, -0.15) is 0 Å². The molecule has 1 aliphatic heterocycles. The third-order valence-corrected chi connectivity index (χ3v) is 4.19. The Bertz CT molecular complexity index is 552. The zero-order valence-corrected chi connectivity index (χ0v) is 11.4. The average molecular weight is 273 g/mol. The highest BCUT2D eigenvalue weighted by molar-refractivity contribution is 6.00. The molecule has 1 saturated carbocycles. The second kappa shape index (κ2) is 4.90. The SMILES string of the molecule is NC1(C(=O)Nc2cccc(N3CCCC3=O)c2)CCC1. The minimum Gasteiger partial charge on any atom is -0.324 e. The standard InChI is InChI=1S/C15H19N3O2/c16-15(7-3-8-15)14(20)17-11-4-1-5-12(10-11)18-9-2-6-13(18)19/h1,4-5,10H,2-3,6-9,16H2,(H,17,20). The number of anilines is 2. The van der Waals surface area contributed by atoms with Gasteiger partial charge in [-0.1, -0.05) is 6.07 Å². The van der Waals surface area contributed by atoms with E-state index >= 15 is 0 Å². The molecule has 0 atom stereocenters. The fraction of sp³-hybridized carbons (Fsp3) is 0.467. The molecule has 0 unspecified atom stereocenters. The first kappa shape index (κ1) is 13.1. The van der Waals surface area contributed by atoms with Crippen LogP contribution in [0, 0.1) is 0 Å². The van der Waals surface area contributed by atoms with Crippen molar-refractivity contribution in [2.45, 2.75) is 37.6 Å². The number of carbonyl (C=O) groups excluding carboxylic acids is 2. The fourth-order valence-electron chi connectivity index (χ4n) is 2.71. The Morgan fingerprint density at radius 1 is 1.30 bits per heavy atom. The summed E-state index contributed by atoms with van der Waals surface area (Å²) >= 11 is 0. The highest BCUT2D eigenvalue weighted by atomic mass is 16.2.